The number of aryl methyl sites for hydroxylation is 4. The highest BCUT2D eigenvalue weighted by molar-refractivity contribution is 6.01. The topological polar surface area (TPSA) is 457 Å². The molecule has 4 amide bonds. The molecule has 8 saturated heterocycles. The van der Waals surface area contributed by atoms with Crippen molar-refractivity contribution in [3.63, 3.8) is 0 Å². The number of Topliss-reactive ketones (excluding diaryl/α,β-unsaturated/α-hetero) is 4. The quantitative estimate of drug-likeness (QED) is 0.0182. The third-order valence-corrected chi connectivity index (χ3v) is 30.8. The molecule has 10 aliphatic rings. The largest absolute Gasteiger partial charge is 0.378 e. The van der Waals surface area contributed by atoms with Crippen molar-refractivity contribution in [1.29, 1.82) is 0 Å². The number of primary amides is 4. The summed E-state index contributed by atoms with van der Waals surface area (Å²) in [4.78, 5) is 142. The van der Waals surface area contributed by atoms with Crippen LogP contribution in [0, 0.1) is 23.7 Å². The fourth-order valence-corrected chi connectivity index (χ4v) is 23.1. The van der Waals surface area contributed by atoms with Gasteiger partial charge in [-0.05, 0) is 248 Å². The molecule has 36 nitrogen and oxygen atoms in total. The number of aromatic nitrogens is 14. The molecule has 36 heteroatoms. The molecular weight excluding hydrogens is 1820 g/mol. The van der Waals surface area contributed by atoms with Crippen LogP contribution in [0.4, 0.5) is 80.9 Å². The molecule has 0 spiro atoms. The summed E-state index contributed by atoms with van der Waals surface area (Å²) in [5.74, 6) is 4.16. The maximum absolute atomic E-state index is 13.2. The third-order valence-electron chi connectivity index (χ3n) is 30.8. The predicted molar refractivity (Wildman–Crippen MR) is 555 cm³/mol. The van der Waals surface area contributed by atoms with Gasteiger partial charge in [-0.15, -0.1) is 20.4 Å². The predicted octanol–water partition coefficient (Wildman–Crippen LogP) is 15.4. The first-order chi connectivity index (χ1) is 69.5. The zero-order valence-corrected chi connectivity index (χ0v) is 82.9. The lowest BCUT2D eigenvalue weighted by Crippen LogP contribution is -2.46. The number of amides is 4. The Morgan fingerprint density at radius 1 is 0.306 bits per heavy atom. The van der Waals surface area contributed by atoms with Crippen molar-refractivity contribution in [2.75, 3.05) is 78.9 Å². The second kappa shape index (κ2) is 42.1. The van der Waals surface area contributed by atoms with Gasteiger partial charge in [0.1, 0.15) is 11.6 Å². The fraction of sp³-hybridized carbons (Fsp3) is 0.426. The minimum absolute atomic E-state index is 0.000131. The molecule has 8 aromatic heterocycles. The number of carbonyl (C=O) groups is 8. The minimum Gasteiger partial charge on any atom is -0.378 e. The van der Waals surface area contributed by atoms with Gasteiger partial charge in [0, 0.05) is 214 Å². The molecule has 0 radical (unpaired) electrons. The number of nitrogens with one attached hydrogen (secondary N) is 4. The summed E-state index contributed by atoms with van der Waals surface area (Å²) >= 11 is 0. The lowest BCUT2D eigenvalue weighted by Gasteiger charge is -2.40. The van der Waals surface area contributed by atoms with Gasteiger partial charge in [0.2, 0.25) is 11.9 Å². The first kappa shape index (κ1) is 97.6. The molecule has 12 N–H and O–H groups in total. The van der Waals surface area contributed by atoms with Crippen LogP contribution in [0.1, 0.15) is 260 Å². The van der Waals surface area contributed by atoms with E-state index >= 15 is 0 Å². The van der Waals surface area contributed by atoms with Crippen molar-refractivity contribution < 1.29 is 38.4 Å². The minimum atomic E-state index is -0.689. The van der Waals surface area contributed by atoms with Crippen molar-refractivity contribution in [3.8, 4) is 0 Å². The first-order valence-electron chi connectivity index (χ1n) is 50.5. The molecule has 12 unspecified atom stereocenters. The van der Waals surface area contributed by atoms with Crippen LogP contribution in [0.25, 0.3) is 0 Å². The summed E-state index contributed by atoms with van der Waals surface area (Å²) in [6, 6.07) is 41.8. The van der Waals surface area contributed by atoms with Gasteiger partial charge in [-0.25, -0.2) is 19.9 Å². The number of carbonyl (C=O) groups excluding carboxylic acids is 8. The van der Waals surface area contributed by atoms with Crippen molar-refractivity contribution in [2.45, 2.75) is 214 Å². The van der Waals surface area contributed by atoms with Gasteiger partial charge in [-0.3, -0.25) is 38.4 Å². The van der Waals surface area contributed by atoms with Crippen LogP contribution in [0.5, 0.6) is 0 Å². The molecule has 2 saturated carbocycles. The van der Waals surface area contributed by atoms with Crippen LogP contribution in [0.15, 0.2) is 183 Å². The number of rotatable bonds is 32. The Hall–Kier alpha value is -15.3. The van der Waals surface area contributed by atoms with Crippen molar-refractivity contribution in [3.05, 3.63) is 239 Å². The number of hydrogen-bond acceptors (Lipinski definition) is 28. The van der Waals surface area contributed by atoms with Gasteiger partial charge >= 0.3 is 0 Å². The number of nitrogens with two attached hydrogens (primary N) is 4. The summed E-state index contributed by atoms with van der Waals surface area (Å²) in [5.41, 5.74) is 33.6. The van der Waals surface area contributed by atoms with Gasteiger partial charge in [-0.1, -0.05) is 48.5 Å². The van der Waals surface area contributed by atoms with Crippen LogP contribution < -0.4 is 73.6 Å². The first-order valence-corrected chi connectivity index (χ1v) is 50.5. The van der Waals surface area contributed by atoms with E-state index in [4.69, 9.17) is 42.9 Å². The molecule has 8 bridgehead atoms. The summed E-state index contributed by atoms with van der Waals surface area (Å²) < 4.78 is 7.61. The molecule has 2 aliphatic carbocycles. The number of anilines is 14. The van der Waals surface area contributed by atoms with Gasteiger partial charge in [0.25, 0.3) is 23.6 Å². The molecular formula is C108H128N28O8. The van der Waals surface area contributed by atoms with Crippen LogP contribution >= 0.6 is 0 Å². The molecule has 10 fully saturated rings. The maximum atomic E-state index is 13.2. The van der Waals surface area contributed by atoms with E-state index in [0.29, 0.717) is 91.0 Å². The molecule has 12 aromatic rings. The molecule has 4 aromatic carbocycles. The van der Waals surface area contributed by atoms with Crippen molar-refractivity contribution in [2.24, 2.45) is 74.8 Å². The molecule has 12 atom stereocenters. The molecule has 144 heavy (non-hydrogen) atoms. The van der Waals surface area contributed by atoms with E-state index in [0.717, 1.165) is 171 Å². The second-order valence-electron chi connectivity index (χ2n) is 41.0. The molecule has 22 rings (SSSR count). The van der Waals surface area contributed by atoms with E-state index in [-0.39, 0.29) is 99.6 Å². The number of piperidine rings is 4. The fourth-order valence-electron chi connectivity index (χ4n) is 23.1. The lowest BCUT2D eigenvalue weighted by molar-refractivity contribution is 0.0938. The molecule has 16 heterocycles. The Kier molecular flexibility index (Phi) is 28.5. The zero-order valence-electron chi connectivity index (χ0n) is 82.9. The zero-order chi connectivity index (χ0) is 100. The van der Waals surface area contributed by atoms with Gasteiger partial charge in [-0.2, -0.15) is 9.97 Å². The highest BCUT2D eigenvalue weighted by Gasteiger charge is 2.49. The van der Waals surface area contributed by atoms with Gasteiger partial charge < -0.3 is 91.9 Å². The van der Waals surface area contributed by atoms with Crippen molar-refractivity contribution >= 4 is 128 Å². The number of hydrogen-bond donors (Lipinski definition) is 8. The lowest BCUT2D eigenvalue weighted by atomic mass is 9.85. The standard InChI is InChI=1S/C28H32N6O2.C27H31N7O2.C27H33N7O2.C26H32N8O2/c1-33-13-12-21(16-33)31-28-26(27(29)36)30-15-25(32-28)34-22-9-8-20(23(34)11-10-22)14-24(35)19-6-4-18(5-7-19)17-2-3-17;1-33-13-12-20(15-33)29-26-24(25(28)36)31-32-27(30-26)34-21-9-8-19(22(34)11-10-21)14-23(35)18-6-4-17(5-7-18)16-2-3-16;1-32(2)20-7-4-17(5-8-20)23(35)14-18-6-9-21-10-11-22(18)34(21)24-15-29-25(26(28)36)27(31-24)30-19-12-13-33(3)16-19;1-32(2)19-7-4-16(5-8-19)22(35)14-17-6-9-20-10-11-21(17)34(20)26-29-25(23(24(27)36)30-31-26)28-18-12-13-33(3)15-18/h4-7,12-13,15-17,20,22-23H,2-3,8-11,14H2,1H3,(H2,29,36)(H,31,32);4-7,12-13,15-16,19,21-22H,2-3,8-11,14H2,1H3,(H2,28,36)(H,29,30,32);4-5,7-8,12-13,15-16,18,21-22H,6,9-11,14H2,1-3H3,(H2,28,36)(H,30,31);4-5,7-8,12-13,15,17,20-21H,6,9-11,14H2,1-3H3,(H2,27,36)(H,28,29,31). The Labute approximate surface area is 837 Å². The van der Waals surface area contributed by atoms with E-state index in [9.17, 15) is 38.4 Å². The Morgan fingerprint density at radius 3 is 0.819 bits per heavy atom. The number of nitrogens with zero attached hydrogens (tertiary/aromatic N) is 20. The second-order valence-corrected chi connectivity index (χ2v) is 41.0. The number of benzene rings is 4. The van der Waals surface area contributed by atoms with E-state index in [1.807, 2.05) is 231 Å². The van der Waals surface area contributed by atoms with E-state index in [2.05, 4.69) is 95.5 Å². The average Bonchev–Trinajstić information content (AvgIpc) is 1.62. The monoisotopic (exact) mass is 1950 g/mol. The normalized spacial score (nSPS) is 21.9. The van der Waals surface area contributed by atoms with Crippen LogP contribution in [0.2, 0.25) is 0 Å². The average molecular weight is 1950 g/mol. The summed E-state index contributed by atoms with van der Waals surface area (Å²) in [7, 11) is 15.6. The molecule has 748 valence electrons. The van der Waals surface area contributed by atoms with E-state index in [1.165, 1.54) is 36.8 Å². The van der Waals surface area contributed by atoms with E-state index < -0.39 is 23.6 Å². The van der Waals surface area contributed by atoms with Crippen LogP contribution in [-0.4, -0.2) is 192 Å². The van der Waals surface area contributed by atoms with E-state index in [1.54, 1.807) is 12.4 Å². The van der Waals surface area contributed by atoms with Crippen LogP contribution in [0.3, 0.4) is 0 Å². The molecule has 8 aliphatic heterocycles. The third kappa shape index (κ3) is 21.9. The summed E-state index contributed by atoms with van der Waals surface area (Å²) in [5, 5.41) is 29.6. The van der Waals surface area contributed by atoms with Crippen LogP contribution in [-0.2, 0) is 28.2 Å². The highest BCUT2D eigenvalue weighted by atomic mass is 16.2. The Morgan fingerprint density at radius 2 is 0.562 bits per heavy atom. The summed E-state index contributed by atoms with van der Waals surface area (Å²) in [6.45, 7) is 0. The SMILES string of the molecule is CN(C)c1ccc(C(=O)CC2CCC3CCC2N3c2cnc(C(N)=O)c(Nc3ccn(C)c3)n2)cc1.CN(C)c1ccc(C(=O)CC2CCC3CCC2N3c2nnc(C(N)=O)c(Nc3ccn(C)c3)n2)cc1.Cn1ccc(Nc2nc(N3C4CCC(CC(=O)c5ccc(C6CC6)cc5)C3CC4)cnc2C(N)=O)c1.Cn1ccc(Nc2nc(N3C4CCC(CC(=O)c5ccc(C6CC6)cc5)C3CC4)nnc2C(N)=O)c1. The summed E-state index contributed by atoms with van der Waals surface area (Å²) in [6.07, 6.45) is 41.8. The maximum Gasteiger partial charge on any atom is 0.273 e. The van der Waals surface area contributed by atoms with Crippen molar-refractivity contribution in [1.82, 2.24) is 68.6 Å². The Bertz CT molecular complexity index is 5940. The number of fused-ring (bicyclic) bond motifs is 8. The Balaban J connectivity index is 0.000000121. The smallest absolute Gasteiger partial charge is 0.273 e. The van der Waals surface area contributed by atoms with Gasteiger partial charge in [0.15, 0.2) is 69.2 Å². The highest BCUT2D eigenvalue weighted by Crippen LogP contribution is 2.50. The van der Waals surface area contributed by atoms with Gasteiger partial charge in [0.05, 0.1) is 35.1 Å². The number of ketones is 4.